The summed E-state index contributed by atoms with van der Waals surface area (Å²) in [5.41, 5.74) is 3.99. The highest BCUT2D eigenvalue weighted by atomic mass is 16.5. The van der Waals surface area contributed by atoms with Crippen LogP contribution in [-0.2, 0) is 6.42 Å². The summed E-state index contributed by atoms with van der Waals surface area (Å²) in [7, 11) is 0. The largest absolute Gasteiger partial charge is 0.492 e. The fraction of sp³-hybridized carbons (Fsp3) is 0.259. The van der Waals surface area contributed by atoms with Gasteiger partial charge in [-0.05, 0) is 30.0 Å². The Bertz CT molecular complexity index is 1080. The molecular formula is C27H26O3. The monoisotopic (exact) mass is 398 g/mol. The Hall–Kier alpha value is -3.20. The van der Waals surface area contributed by atoms with Crippen LogP contribution in [0.25, 0.3) is 0 Å². The van der Waals surface area contributed by atoms with Gasteiger partial charge in [0.2, 0.25) is 0 Å². The van der Waals surface area contributed by atoms with E-state index < -0.39 is 0 Å². The molecule has 0 N–H and O–H groups in total. The van der Waals surface area contributed by atoms with E-state index in [1.54, 1.807) is 30.3 Å². The average molecular weight is 399 g/mol. The van der Waals surface area contributed by atoms with E-state index in [9.17, 15) is 9.59 Å². The Kier molecular flexibility index (Phi) is 5.80. The molecule has 1 atom stereocenters. The summed E-state index contributed by atoms with van der Waals surface area (Å²) < 4.78 is 6.31. The summed E-state index contributed by atoms with van der Waals surface area (Å²) in [4.78, 5) is 26.5. The quantitative estimate of drug-likeness (QED) is 0.384. The number of hydrogen-bond donors (Lipinski definition) is 0. The molecule has 1 aliphatic carbocycles. The Morgan fingerprint density at radius 3 is 2.17 bits per heavy atom. The molecule has 0 fully saturated rings. The first kappa shape index (κ1) is 20.1. The second kappa shape index (κ2) is 8.66. The number of ether oxygens (including phenoxy) is 1. The van der Waals surface area contributed by atoms with Crippen LogP contribution >= 0.6 is 0 Å². The maximum Gasteiger partial charge on any atom is 0.198 e. The standard InChI is InChI=1S/C27H26O3/c1-3-4-10-20-15-16-23-24(26(29)22-14-9-8-13-21(22)25(23)28)27(20)30-17-18(2)19-11-6-5-7-12-19/h5-9,11-16,18H,3-4,10,17H2,1-2H3. The molecule has 3 nitrogen and oxygen atoms in total. The van der Waals surface area contributed by atoms with Crippen LogP contribution < -0.4 is 4.74 Å². The predicted molar refractivity (Wildman–Crippen MR) is 119 cm³/mol. The van der Waals surface area contributed by atoms with E-state index in [1.165, 1.54) is 5.56 Å². The van der Waals surface area contributed by atoms with Crippen molar-refractivity contribution < 1.29 is 14.3 Å². The molecule has 0 saturated heterocycles. The lowest BCUT2D eigenvalue weighted by molar-refractivity contribution is 0.0975. The molecule has 1 unspecified atom stereocenters. The third kappa shape index (κ3) is 3.68. The number of carbonyl (C=O) groups is 2. The smallest absolute Gasteiger partial charge is 0.198 e. The van der Waals surface area contributed by atoms with Crippen molar-refractivity contribution in [3.05, 3.63) is 100 Å². The molecule has 0 spiro atoms. The molecule has 4 rings (SSSR count). The van der Waals surface area contributed by atoms with Crippen LogP contribution in [0.15, 0.2) is 66.7 Å². The third-order valence-electron chi connectivity index (χ3n) is 5.77. The van der Waals surface area contributed by atoms with Gasteiger partial charge in [-0.3, -0.25) is 9.59 Å². The molecule has 0 aliphatic heterocycles. The van der Waals surface area contributed by atoms with Crippen LogP contribution in [-0.4, -0.2) is 18.2 Å². The van der Waals surface area contributed by atoms with Gasteiger partial charge in [-0.2, -0.15) is 0 Å². The molecule has 152 valence electrons. The fourth-order valence-corrected chi connectivity index (χ4v) is 4.01. The van der Waals surface area contributed by atoms with Crippen molar-refractivity contribution >= 4 is 11.6 Å². The zero-order chi connectivity index (χ0) is 21.1. The number of benzene rings is 3. The van der Waals surface area contributed by atoms with Crippen molar-refractivity contribution in [3.63, 3.8) is 0 Å². The van der Waals surface area contributed by atoms with Crippen LogP contribution in [0, 0.1) is 0 Å². The van der Waals surface area contributed by atoms with E-state index in [0.717, 1.165) is 24.8 Å². The van der Waals surface area contributed by atoms with Crippen molar-refractivity contribution in [3.8, 4) is 5.75 Å². The molecule has 0 bridgehead atoms. The Labute approximate surface area is 177 Å². The van der Waals surface area contributed by atoms with Gasteiger partial charge in [-0.15, -0.1) is 0 Å². The van der Waals surface area contributed by atoms with Crippen LogP contribution in [0.4, 0.5) is 0 Å². The minimum atomic E-state index is -0.124. The summed E-state index contributed by atoms with van der Waals surface area (Å²) in [5, 5.41) is 0. The van der Waals surface area contributed by atoms with Crippen molar-refractivity contribution in [2.75, 3.05) is 6.61 Å². The topological polar surface area (TPSA) is 43.4 Å². The van der Waals surface area contributed by atoms with E-state index in [2.05, 4.69) is 26.0 Å². The Morgan fingerprint density at radius 1 is 0.800 bits per heavy atom. The van der Waals surface area contributed by atoms with Gasteiger partial charge in [0.15, 0.2) is 11.6 Å². The maximum absolute atomic E-state index is 13.4. The number of rotatable bonds is 7. The molecule has 30 heavy (non-hydrogen) atoms. The normalized spacial score (nSPS) is 13.5. The minimum absolute atomic E-state index is 0.108. The molecule has 0 saturated carbocycles. The van der Waals surface area contributed by atoms with Crippen LogP contribution in [0.3, 0.4) is 0 Å². The van der Waals surface area contributed by atoms with Crippen molar-refractivity contribution in [2.24, 2.45) is 0 Å². The number of carbonyl (C=O) groups excluding carboxylic acids is 2. The summed E-state index contributed by atoms with van der Waals surface area (Å²) in [6.07, 6.45) is 2.87. The lowest BCUT2D eigenvalue weighted by Crippen LogP contribution is -2.23. The molecule has 0 aromatic heterocycles. The van der Waals surface area contributed by atoms with E-state index in [0.29, 0.717) is 34.6 Å². The number of ketones is 2. The van der Waals surface area contributed by atoms with Gasteiger partial charge in [-0.25, -0.2) is 0 Å². The summed E-state index contributed by atoms with van der Waals surface area (Å²) in [6, 6.07) is 21.0. The summed E-state index contributed by atoms with van der Waals surface area (Å²) >= 11 is 0. The first-order chi connectivity index (χ1) is 14.6. The molecule has 3 aromatic carbocycles. The first-order valence-corrected chi connectivity index (χ1v) is 10.6. The van der Waals surface area contributed by atoms with Crippen molar-refractivity contribution in [2.45, 2.75) is 39.0 Å². The van der Waals surface area contributed by atoms with Gasteiger partial charge in [0.05, 0.1) is 12.2 Å². The molecule has 0 amide bonds. The van der Waals surface area contributed by atoms with Gasteiger partial charge in [0, 0.05) is 22.6 Å². The zero-order valence-corrected chi connectivity index (χ0v) is 17.5. The SMILES string of the molecule is CCCCc1ccc2c(c1OCC(C)c1ccccc1)C(=O)c1ccccc1C2=O. The van der Waals surface area contributed by atoms with Crippen LogP contribution in [0.1, 0.15) is 75.6 Å². The number of fused-ring (bicyclic) bond motifs is 2. The molecule has 1 aliphatic rings. The number of hydrogen-bond acceptors (Lipinski definition) is 3. The Morgan fingerprint density at radius 2 is 1.47 bits per heavy atom. The van der Waals surface area contributed by atoms with Crippen LogP contribution in [0.2, 0.25) is 0 Å². The molecule has 0 heterocycles. The van der Waals surface area contributed by atoms with Gasteiger partial charge in [0.1, 0.15) is 5.75 Å². The van der Waals surface area contributed by atoms with Crippen LogP contribution in [0.5, 0.6) is 5.75 Å². The number of aryl methyl sites for hydroxylation is 1. The fourth-order valence-electron chi connectivity index (χ4n) is 4.01. The second-order valence-corrected chi connectivity index (χ2v) is 7.91. The van der Waals surface area contributed by atoms with Crippen molar-refractivity contribution in [1.29, 1.82) is 0 Å². The predicted octanol–water partition coefficient (Wildman–Crippen LogP) is 5.99. The summed E-state index contributed by atoms with van der Waals surface area (Å²) in [5.74, 6) is 0.517. The zero-order valence-electron chi connectivity index (χ0n) is 17.5. The average Bonchev–Trinajstić information content (AvgIpc) is 2.80. The third-order valence-corrected chi connectivity index (χ3v) is 5.77. The lowest BCUT2D eigenvalue weighted by atomic mass is 9.82. The molecular weight excluding hydrogens is 372 g/mol. The van der Waals surface area contributed by atoms with Gasteiger partial charge in [0.25, 0.3) is 0 Å². The van der Waals surface area contributed by atoms with Gasteiger partial charge >= 0.3 is 0 Å². The maximum atomic E-state index is 13.4. The molecule has 0 radical (unpaired) electrons. The first-order valence-electron chi connectivity index (χ1n) is 10.6. The Balaban J connectivity index is 1.74. The molecule has 3 heteroatoms. The highest BCUT2D eigenvalue weighted by molar-refractivity contribution is 6.29. The minimum Gasteiger partial charge on any atom is -0.492 e. The highest BCUT2D eigenvalue weighted by Crippen LogP contribution is 2.37. The van der Waals surface area contributed by atoms with E-state index in [-0.39, 0.29) is 17.5 Å². The number of unbranched alkanes of at least 4 members (excludes halogenated alkanes) is 1. The van der Waals surface area contributed by atoms with E-state index in [1.807, 2.05) is 24.3 Å². The van der Waals surface area contributed by atoms with E-state index in [4.69, 9.17) is 4.74 Å². The van der Waals surface area contributed by atoms with Crippen molar-refractivity contribution in [1.82, 2.24) is 0 Å². The second-order valence-electron chi connectivity index (χ2n) is 7.91. The van der Waals surface area contributed by atoms with Gasteiger partial charge in [-0.1, -0.05) is 80.9 Å². The van der Waals surface area contributed by atoms with E-state index >= 15 is 0 Å². The summed E-state index contributed by atoms with van der Waals surface area (Å²) in [6.45, 7) is 4.70. The highest BCUT2D eigenvalue weighted by Gasteiger charge is 2.33. The van der Waals surface area contributed by atoms with Gasteiger partial charge < -0.3 is 4.74 Å². The molecule has 3 aromatic rings. The lowest BCUT2D eigenvalue weighted by Gasteiger charge is -2.23.